The van der Waals surface area contributed by atoms with Gasteiger partial charge in [0, 0.05) is 13.0 Å². The van der Waals surface area contributed by atoms with Crippen LogP contribution < -0.4 is 5.32 Å². The number of benzene rings is 2. The summed E-state index contributed by atoms with van der Waals surface area (Å²) < 4.78 is 5.76. The number of hydrogen-bond donors (Lipinski definition) is 1. The van der Waals surface area contributed by atoms with Crippen LogP contribution in [0.15, 0.2) is 72.8 Å². The third-order valence-corrected chi connectivity index (χ3v) is 3.83. The molecule has 2 aromatic rings. The van der Waals surface area contributed by atoms with Gasteiger partial charge in [-0.2, -0.15) is 0 Å². The molecular weight excluding hydrogens is 322 g/mol. The Balaban J connectivity index is 1.91. The average molecular weight is 349 g/mol. The zero-order valence-corrected chi connectivity index (χ0v) is 15.4. The fraction of sp³-hybridized carbons (Fsp3) is 0.261. The van der Waals surface area contributed by atoms with Crippen LogP contribution in [-0.2, 0) is 9.53 Å². The SMILES string of the molecule is CCCC(=O)NCCOCC(=CC=Cc1ccccc1)c1ccccc1. The smallest absolute Gasteiger partial charge is 0.220 e. The van der Waals surface area contributed by atoms with E-state index in [9.17, 15) is 4.79 Å². The van der Waals surface area contributed by atoms with Gasteiger partial charge in [0.05, 0.1) is 13.2 Å². The minimum absolute atomic E-state index is 0.0840. The molecular formula is C23H27NO2. The third kappa shape index (κ3) is 7.49. The Bertz CT molecular complexity index is 706. The lowest BCUT2D eigenvalue weighted by Crippen LogP contribution is -2.26. The number of ether oxygens (including phenoxy) is 1. The normalized spacial score (nSPS) is 11.7. The van der Waals surface area contributed by atoms with E-state index in [1.54, 1.807) is 0 Å². The first-order chi connectivity index (χ1) is 12.8. The van der Waals surface area contributed by atoms with Crippen molar-refractivity contribution >= 4 is 17.6 Å². The van der Waals surface area contributed by atoms with Gasteiger partial charge in [-0.3, -0.25) is 4.79 Å². The third-order valence-electron chi connectivity index (χ3n) is 3.83. The van der Waals surface area contributed by atoms with Crippen LogP contribution in [0.3, 0.4) is 0 Å². The van der Waals surface area contributed by atoms with Crippen molar-refractivity contribution < 1.29 is 9.53 Å². The summed E-state index contributed by atoms with van der Waals surface area (Å²) in [4.78, 5) is 11.5. The van der Waals surface area contributed by atoms with Crippen molar-refractivity contribution in [3.8, 4) is 0 Å². The van der Waals surface area contributed by atoms with Crippen LogP contribution in [-0.4, -0.2) is 25.7 Å². The molecule has 0 aliphatic heterocycles. The lowest BCUT2D eigenvalue weighted by Gasteiger charge is -2.09. The van der Waals surface area contributed by atoms with Gasteiger partial charge >= 0.3 is 0 Å². The van der Waals surface area contributed by atoms with Gasteiger partial charge in [0.2, 0.25) is 5.91 Å². The summed E-state index contributed by atoms with van der Waals surface area (Å²) in [6.45, 7) is 3.55. The van der Waals surface area contributed by atoms with Crippen molar-refractivity contribution in [1.29, 1.82) is 0 Å². The predicted molar refractivity (Wildman–Crippen MR) is 109 cm³/mol. The van der Waals surface area contributed by atoms with Crippen molar-refractivity contribution in [2.24, 2.45) is 0 Å². The minimum Gasteiger partial charge on any atom is -0.375 e. The van der Waals surface area contributed by atoms with Gasteiger partial charge < -0.3 is 10.1 Å². The molecule has 3 nitrogen and oxygen atoms in total. The number of rotatable bonds is 10. The number of allylic oxidation sites excluding steroid dienone is 2. The van der Waals surface area contributed by atoms with Crippen molar-refractivity contribution in [3.63, 3.8) is 0 Å². The molecule has 26 heavy (non-hydrogen) atoms. The molecule has 0 spiro atoms. The molecule has 1 amide bonds. The van der Waals surface area contributed by atoms with Crippen LogP contribution in [0.5, 0.6) is 0 Å². The summed E-state index contributed by atoms with van der Waals surface area (Å²) in [7, 11) is 0. The van der Waals surface area contributed by atoms with E-state index in [-0.39, 0.29) is 5.91 Å². The zero-order chi connectivity index (χ0) is 18.5. The van der Waals surface area contributed by atoms with Crippen LogP contribution in [0.1, 0.15) is 30.9 Å². The van der Waals surface area contributed by atoms with Crippen LogP contribution in [0.4, 0.5) is 0 Å². The Morgan fingerprint density at radius 1 is 1.04 bits per heavy atom. The number of carbonyl (C=O) groups excluding carboxylic acids is 1. The van der Waals surface area contributed by atoms with Gasteiger partial charge in [0.15, 0.2) is 0 Å². The van der Waals surface area contributed by atoms with Crippen LogP contribution in [0, 0.1) is 0 Å². The van der Waals surface area contributed by atoms with E-state index in [2.05, 4.69) is 41.7 Å². The van der Waals surface area contributed by atoms with E-state index in [1.165, 1.54) is 0 Å². The summed E-state index contributed by atoms with van der Waals surface area (Å²) in [5, 5.41) is 2.86. The summed E-state index contributed by atoms with van der Waals surface area (Å²) >= 11 is 0. The monoisotopic (exact) mass is 349 g/mol. The largest absolute Gasteiger partial charge is 0.375 e. The highest BCUT2D eigenvalue weighted by Gasteiger charge is 2.02. The Hall–Kier alpha value is -2.65. The second-order valence-electron chi connectivity index (χ2n) is 5.98. The Labute approximate surface area is 156 Å². The maximum absolute atomic E-state index is 11.5. The molecule has 0 radical (unpaired) electrons. The van der Waals surface area contributed by atoms with Gasteiger partial charge in [-0.05, 0) is 23.1 Å². The summed E-state index contributed by atoms with van der Waals surface area (Å²) in [6, 6.07) is 20.4. The molecule has 0 aliphatic carbocycles. The summed E-state index contributed by atoms with van der Waals surface area (Å²) in [5.74, 6) is 0.0840. The maximum Gasteiger partial charge on any atom is 0.220 e. The maximum atomic E-state index is 11.5. The second-order valence-corrected chi connectivity index (χ2v) is 5.98. The molecule has 0 aliphatic rings. The second kappa shape index (κ2) is 11.8. The molecule has 0 atom stereocenters. The first kappa shape index (κ1) is 19.7. The van der Waals surface area contributed by atoms with E-state index in [4.69, 9.17) is 4.74 Å². The van der Waals surface area contributed by atoms with E-state index >= 15 is 0 Å². The number of hydrogen-bond acceptors (Lipinski definition) is 2. The molecule has 2 aromatic carbocycles. The molecule has 3 heteroatoms. The van der Waals surface area contributed by atoms with Gasteiger partial charge in [0.25, 0.3) is 0 Å². The Morgan fingerprint density at radius 2 is 1.73 bits per heavy atom. The first-order valence-electron chi connectivity index (χ1n) is 9.11. The molecule has 0 unspecified atom stereocenters. The van der Waals surface area contributed by atoms with Gasteiger partial charge in [-0.1, -0.05) is 85.8 Å². The average Bonchev–Trinajstić information content (AvgIpc) is 2.68. The Kier molecular flexibility index (Phi) is 8.95. The molecule has 2 rings (SSSR count). The van der Waals surface area contributed by atoms with Crippen molar-refractivity contribution in [2.45, 2.75) is 19.8 Å². The summed E-state index contributed by atoms with van der Waals surface area (Å²) in [5.41, 5.74) is 3.41. The van der Waals surface area contributed by atoms with Crippen LogP contribution >= 0.6 is 0 Å². The quantitative estimate of drug-likeness (QED) is 0.498. The Morgan fingerprint density at radius 3 is 2.42 bits per heavy atom. The van der Waals surface area contributed by atoms with E-state index < -0.39 is 0 Å². The fourth-order valence-corrected chi connectivity index (χ4v) is 2.48. The number of carbonyl (C=O) groups is 1. The van der Waals surface area contributed by atoms with E-state index in [0.29, 0.717) is 26.2 Å². The van der Waals surface area contributed by atoms with Crippen LogP contribution in [0.25, 0.3) is 11.6 Å². The molecule has 0 bridgehead atoms. The van der Waals surface area contributed by atoms with Gasteiger partial charge in [0.1, 0.15) is 0 Å². The fourth-order valence-electron chi connectivity index (χ4n) is 2.48. The molecule has 0 heterocycles. The lowest BCUT2D eigenvalue weighted by molar-refractivity contribution is -0.121. The summed E-state index contributed by atoms with van der Waals surface area (Å²) in [6.07, 6.45) is 7.64. The highest BCUT2D eigenvalue weighted by Crippen LogP contribution is 2.15. The minimum atomic E-state index is 0.0840. The highest BCUT2D eigenvalue weighted by molar-refractivity contribution is 5.75. The molecule has 0 aromatic heterocycles. The van der Waals surface area contributed by atoms with E-state index in [1.807, 2.05) is 49.4 Å². The van der Waals surface area contributed by atoms with Crippen LogP contribution in [0.2, 0.25) is 0 Å². The molecule has 136 valence electrons. The van der Waals surface area contributed by atoms with Gasteiger partial charge in [-0.25, -0.2) is 0 Å². The predicted octanol–water partition coefficient (Wildman–Crippen LogP) is 4.72. The van der Waals surface area contributed by atoms with E-state index in [0.717, 1.165) is 23.1 Å². The lowest BCUT2D eigenvalue weighted by atomic mass is 10.1. The first-order valence-corrected chi connectivity index (χ1v) is 9.11. The standard InChI is InChI=1S/C23H27NO2/c1-2-10-23(25)24-17-18-26-19-22(21-14-7-4-8-15-21)16-9-13-20-11-5-3-6-12-20/h3-9,11-16H,2,10,17-19H2,1H3,(H,24,25). The number of amides is 1. The molecule has 0 saturated carbocycles. The van der Waals surface area contributed by atoms with Gasteiger partial charge in [-0.15, -0.1) is 0 Å². The van der Waals surface area contributed by atoms with Crippen molar-refractivity contribution in [1.82, 2.24) is 5.32 Å². The molecule has 1 N–H and O–H groups in total. The van der Waals surface area contributed by atoms with Crippen molar-refractivity contribution in [2.75, 3.05) is 19.8 Å². The highest BCUT2D eigenvalue weighted by atomic mass is 16.5. The molecule has 0 saturated heterocycles. The molecule has 0 fully saturated rings. The van der Waals surface area contributed by atoms with Crippen molar-refractivity contribution in [3.05, 3.63) is 83.9 Å². The zero-order valence-electron chi connectivity index (χ0n) is 15.4. The number of nitrogens with one attached hydrogen (secondary N) is 1. The topological polar surface area (TPSA) is 38.3 Å².